The first-order valence-corrected chi connectivity index (χ1v) is 5.46. The maximum atomic E-state index is 11.9. The van der Waals surface area contributed by atoms with Crippen molar-refractivity contribution in [2.75, 3.05) is 20.2 Å². The summed E-state index contributed by atoms with van der Waals surface area (Å²) in [4.78, 5) is 13.6. The first-order valence-electron chi connectivity index (χ1n) is 5.46. The molecule has 1 aliphatic heterocycles. The summed E-state index contributed by atoms with van der Waals surface area (Å²) in [6.45, 7) is 4.46. The molecular weight excluding hydrogens is 194 g/mol. The van der Waals surface area contributed by atoms with Crippen LogP contribution in [0.2, 0.25) is 0 Å². The van der Waals surface area contributed by atoms with Gasteiger partial charge in [0.25, 0.3) is 5.91 Å². The van der Waals surface area contributed by atoms with E-state index in [-0.39, 0.29) is 5.91 Å². The van der Waals surface area contributed by atoms with Crippen molar-refractivity contribution in [2.45, 2.75) is 37.9 Å². The van der Waals surface area contributed by atoms with E-state index in [4.69, 9.17) is 4.74 Å². The van der Waals surface area contributed by atoms with Crippen LogP contribution in [0.25, 0.3) is 0 Å². The second-order valence-electron chi connectivity index (χ2n) is 5.25. The van der Waals surface area contributed by atoms with Crippen molar-refractivity contribution in [1.82, 2.24) is 4.90 Å². The third-order valence-corrected chi connectivity index (χ3v) is 3.58. The van der Waals surface area contributed by atoms with Crippen LogP contribution in [0.4, 0.5) is 0 Å². The zero-order valence-electron chi connectivity index (χ0n) is 9.62. The van der Waals surface area contributed by atoms with E-state index in [0.29, 0.717) is 19.0 Å². The highest BCUT2D eigenvalue weighted by atomic mass is 16.5. The Balaban J connectivity index is 1.91. The Bertz CT molecular complexity index is 278. The number of nitrogens with zero attached hydrogens (tertiary/aromatic N) is 1. The molecule has 1 N–H and O–H groups in total. The van der Waals surface area contributed by atoms with Crippen molar-refractivity contribution < 1.29 is 14.6 Å². The van der Waals surface area contributed by atoms with E-state index in [1.165, 1.54) is 7.11 Å². The van der Waals surface area contributed by atoms with Gasteiger partial charge in [0.1, 0.15) is 11.2 Å². The third kappa shape index (κ3) is 1.76. The van der Waals surface area contributed by atoms with Crippen LogP contribution in [0.1, 0.15) is 26.7 Å². The lowest BCUT2D eigenvalue weighted by molar-refractivity contribution is -0.176. The predicted molar refractivity (Wildman–Crippen MR) is 55.3 cm³/mol. The topological polar surface area (TPSA) is 49.8 Å². The molecule has 0 atom stereocenters. The average Bonchev–Trinajstić information content (AvgIpc) is 2.94. The highest BCUT2D eigenvalue weighted by Gasteiger charge is 2.54. The maximum Gasteiger partial charge on any atom is 0.254 e. The molecule has 0 aromatic heterocycles. The summed E-state index contributed by atoms with van der Waals surface area (Å²) in [5.74, 6) is 0.391. The summed E-state index contributed by atoms with van der Waals surface area (Å²) in [5.41, 5.74) is -1.37. The minimum Gasteiger partial charge on any atom is -0.386 e. The molecule has 1 heterocycles. The van der Waals surface area contributed by atoms with Crippen LogP contribution in [0, 0.1) is 5.92 Å². The second-order valence-corrected chi connectivity index (χ2v) is 5.25. The lowest BCUT2D eigenvalue weighted by Crippen LogP contribution is -2.67. The number of rotatable bonds is 3. The highest BCUT2D eigenvalue weighted by Crippen LogP contribution is 2.44. The Morgan fingerprint density at radius 1 is 1.47 bits per heavy atom. The molecule has 1 saturated heterocycles. The summed E-state index contributed by atoms with van der Waals surface area (Å²) >= 11 is 0. The standard InChI is InChI=1S/C11H19NO3/c1-10(2,15-3)9(13)12-6-11(14,7-12)8-4-5-8/h8,14H,4-7H2,1-3H3. The van der Waals surface area contributed by atoms with Crippen LogP contribution in [0.5, 0.6) is 0 Å². The lowest BCUT2D eigenvalue weighted by Gasteiger charge is -2.49. The largest absolute Gasteiger partial charge is 0.386 e. The fraction of sp³-hybridized carbons (Fsp3) is 0.909. The Labute approximate surface area is 90.2 Å². The molecule has 1 aliphatic carbocycles. The predicted octanol–water partition coefficient (Wildman–Crippen LogP) is 0.395. The third-order valence-electron chi connectivity index (χ3n) is 3.58. The number of carbonyl (C=O) groups excluding carboxylic acids is 1. The van der Waals surface area contributed by atoms with Gasteiger partial charge in [0.15, 0.2) is 0 Å². The molecule has 0 spiro atoms. The van der Waals surface area contributed by atoms with E-state index in [9.17, 15) is 9.90 Å². The molecule has 0 bridgehead atoms. The van der Waals surface area contributed by atoms with Gasteiger partial charge in [0, 0.05) is 7.11 Å². The molecule has 4 nitrogen and oxygen atoms in total. The molecule has 1 amide bonds. The maximum absolute atomic E-state index is 11.9. The molecule has 1 saturated carbocycles. The van der Waals surface area contributed by atoms with Crippen LogP contribution in [-0.4, -0.2) is 47.3 Å². The monoisotopic (exact) mass is 213 g/mol. The Morgan fingerprint density at radius 3 is 2.40 bits per heavy atom. The fourth-order valence-electron chi connectivity index (χ4n) is 2.11. The Morgan fingerprint density at radius 2 is 2.00 bits per heavy atom. The van der Waals surface area contributed by atoms with Gasteiger partial charge in [0.05, 0.1) is 13.1 Å². The number of carbonyl (C=O) groups is 1. The van der Waals surface area contributed by atoms with Crippen molar-refractivity contribution in [2.24, 2.45) is 5.92 Å². The van der Waals surface area contributed by atoms with Crippen molar-refractivity contribution in [3.63, 3.8) is 0 Å². The molecule has 4 heteroatoms. The molecular formula is C11H19NO3. The first kappa shape index (κ1) is 10.9. The van der Waals surface area contributed by atoms with E-state index in [2.05, 4.69) is 0 Å². The molecule has 2 aliphatic rings. The summed E-state index contributed by atoms with van der Waals surface area (Å²) < 4.78 is 5.13. The van der Waals surface area contributed by atoms with Gasteiger partial charge in [-0.3, -0.25) is 4.79 Å². The molecule has 0 radical (unpaired) electrons. The van der Waals surface area contributed by atoms with Crippen LogP contribution < -0.4 is 0 Å². The smallest absolute Gasteiger partial charge is 0.254 e. The number of aliphatic hydroxyl groups is 1. The van der Waals surface area contributed by atoms with E-state index in [1.54, 1.807) is 18.7 Å². The molecule has 86 valence electrons. The highest BCUT2D eigenvalue weighted by molar-refractivity contribution is 5.85. The SMILES string of the molecule is COC(C)(C)C(=O)N1CC(O)(C2CC2)C1. The van der Waals surface area contributed by atoms with E-state index >= 15 is 0 Å². The quantitative estimate of drug-likeness (QED) is 0.738. The molecule has 2 fully saturated rings. The number of ether oxygens (including phenoxy) is 1. The zero-order chi connectivity index (χ0) is 11.3. The van der Waals surface area contributed by atoms with Gasteiger partial charge in [-0.25, -0.2) is 0 Å². The number of hydrogen-bond acceptors (Lipinski definition) is 3. The summed E-state index contributed by atoms with van der Waals surface area (Å²) in [6.07, 6.45) is 2.21. The van der Waals surface area contributed by atoms with Gasteiger partial charge in [-0.2, -0.15) is 0 Å². The Hall–Kier alpha value is -0.610. The minimum atomic E-state index is -0.773. The molecule has 0 aromatic carbocycles. The van der Waals surface area contributed by atoms with Crippen molar-refractivity contribution in [3.05, 3.63) is 0 Å². The van der Waals surface area contributed by atoms with E-state index in [0.717, 1.165) is 12.8 Å². The number of methoxy groups -OCH3 is 1. The van der Waals surface area contributed by atoms with Gasteiger partial charge in [-0.05, 0) is 32.6 Å². The minimum absolute atomic E-state index is 0.0321. The van der Waals surface area contributed by atoms with Crippen LogP contribution >= 0.6 is 0 Å². The van der Waals surface area contributed by atoms with Gasteiger partial charge < -0.3 is 14.7 Å². The van der Waals surface area contributed by atoms with Gasteiger partial charge in [-0.1, -0.05) is 0 Å². The van der Waals surface area contributed by atoms with Crippen LogP contribution in [0.15, 0.2) is 0 Å². The van der Waals surface area contributed by atoms with Gasteiger partial charge in [-0.15, -0.1) is 0 Å². The zero-order valence-corrected chi connectivity index (χ0v) is 9.62. The Kier molecular flexibility index (Phi) is 2.32. The molecule has 0 aromatic rings. The molecule has 2 rings (SSSR count). The van der Waals surface area contributed by atoms with Crippen LogP contribution in [0.3, 0.4) is 0 Å². The van der Waals surface area contributed by atoms with Gasteiger partial charge in [0.2, 0.25) is 0 Å². The first-order chi connectivity index (χ1) is 6.89. The lowest BCUT2D eigenvalue weighted by atomic mass is 9.87. The summed E-state index contributed by atoms with van der Waals surface area (Å²) in [6, 6.07) is 0. The van der Waals surface area contributed by atoms with Crippen molar-refractivity contribution in [1.29, 1.82) is 0 Å². The van der Waals surface area contributed by atoms with Gasteiger partial charge >= 0.3 is 0 Å². The normalized spacial score (nSPS) is 24.9. The van der Waals surface area contributed by atoms with Crippen molar-refractivity contribution in [3.8, 4) is 0 Å². The van der Waals surface area contributed by atoms with Crippen LogP contribution in [-0.2, 0) is 9.53 Å². The molecule has 15 heavy (non-hydrogen) atoms. The van der Waals surface area contributed by atoms with Crippen molar-refractivity contribution >= 4 is 5.91 Å². The summed E-state index contributed by atoms with van der Waals surface area (Å²) in [7, 11) is 1.53. The fourth-order valence-corrected chi connectivity index (χ4v) is 2.11. The number of amides is 1. The van der Waals surface area contributed by atoms with E-state index in [1.807, 2.05) is 0 Å². The number of β-amino-alcohol motifs (C(OH)–C–C–N with tert-alkyl or cyclic N) is 1. The molecule has 0 unspecified atom stereocenters. The average molecular weight is 213 g/mol. The number of likely N-dealkylation sites (tertiary alicyclic amines) is 1. The summed E-state index contributed by atoms with van der Waals surface area (Å²) in [5, 5.41) is 10.1. The number of hydrogen-bond donors (Lipinski definition) is 1. The van der Waals surface area contributed by atoms with E-state index < -0.39 is 11.2 Å². The second kappa shape index (κ2) is 3.19.